The van der Waals surface area contributed by atoms with Crippen LogP contribution in [0.25, 0.3) is 0 Å². The molecule has 0 aliphatic heterocycles. The summed E-state index contributed by atoms with van der Waals surface area (Å²) in [6.45, 7) is 0. The van der Waals surface area contributed by atoms with Crippen LogP contribution in [0.15, 0.2) is 15.2 Å². The second kappa shape index (κ2) is 2.55. The van der Waals surface area contributed by atoms with Gasteiger partial charge >= 0.3 is 0 Å². The summed E-state index contributed by atoms with van der Waals surface area (Å²) in [7, 11) is 0. The number of hydrogen-bond acceptors (Lipinski definition) is 3. The number of carbonyl (C=O) groups is 2. The summed E-state index contributed by atoms with van der Waals surface area (Å²) in [5, 5.41) is 0. The van der Waals surface area contributed by atoms with Crippen molar-refractivity contribution in [2.45, 2.75) is 12.8 Å². The largest absolute Gasteiger partial charge is 0.467 e. The minimum absolute atomic E-state index is 0.270. The fraction of sp³-hybridized carbons (Fsp3) is 0.250. The molecule has 0 unspecified atom stereocenters. The maximum atomic E-state index is 11.3. The van der Waals surface area contributed by atoms with Crippen LogP contribution < -0.4 is 0 Å². The number of fused-ring (bicyclic) bond motifs is 1. The molecular weight excluding hydrogens is 224 g/mol. The number of rotatable bonds is 0. The first-order valence-electron chi connectivity index (χ1n) is 3.53. The highest BCUT2D eigenvalue weighted by Crippen LogP contribution is 2.28. The van der Waals surface area contributed by atoms with Gasteiger partial charge in [-0.05, 0) is 15.9 Å². The Morgan fingerprint density at radius 3 is 2.83 bits per heavy atom. The van der Waals surface area contributed by atoms with Gasteiger partial charge in [0.25, 0.3) is 0 Å². The highest BCUT2D eigenvalue weighted by molar-refractivity contribution is 9.10. The lowest BCUT2D eigenvalue weighted by Crippen LogP contribution is -2.20. The standard InChI is InChI=1S/C8H5BrO3/c9-4-3-12-6-2-1-5(10)8(11)7(4)6/h3H,1-2H2. The van der Waals surface area contributed by atoms with E-state index >= 15 is 0 Å². The van der Waals surface area contributed by atoms with Crippen LogP contribution in [0.2, 0.25) is 0 Å². The van der Waals surface area contributed by atoms with Crippen LogP contribution in [0.4, 0.5) is 0 Å². The van der Waals surface area contributed by atoms with Crippen molar-refractivity contribution in [3.63, 3.8) is 0 Å². The Kier molecular flexibility index (Phi) is 1.65. The van der Waals surface area contributed by atoms with E-state index in [1.807, 2.05) is 0 Å². The van der Waals surface area contributed by atoms with Gasteiger partial charge in [0.2, 0.25) is 11.6 Å². The Bertz CT molecular complexity index is 364. The van der Waals surface area contributed by atoms with Crippen molar-refractivity contribution in [3.8, 4) is 0 Å². The minimum Gasteiger partial charge on any atom is -0.467 e. The Morgan fingerprint density at radius 1 is 1.33 bits per heavy atom. The molecule has 0 saturated carbocycles. The number of furan rings is 1. The highest BCUT2D eigenvalue weighted by Gasteiger charge is 2.29. The van der Waals surface area contributed by atoms with Crippen molar-refractivity contribution in [3.05, 3.63) is 22.1 Å². The van der Waals surface area contributed by atoms with Gasteiger partial charge in [0.1, 0.15) is 12.0 Å². The fourth-order valence-electron chi connectivity index (χ4n) is 1.27. The predicted molar refractivity (Wildman–Crippen MR) is 44.1 cm³/mol. The maximum Gasteiger partial charge on any atom is 0.233 e. The molecule has 0 N–H and O–H groups in total. The van der Waals surface area contributed by atoms with Crippen molar-refractivity contribution in [2.75, 3.05) is 0 Å². The van der Waals surface area contributed by atoms with Gasteiger partial charge in [0.15, 0.2) is 0 Å². The SMILES string of the molecule is O=C1CCc2occ(Br)c2C1=O. The lowest BCUT2D eigenvalue weighted by Gasteiger charge is -2.06. The molecule has 0 saturated heterocycles. The van der Waals surface area contributed by atoms with E-state index in [9.17, 15) is 9.59 Å². The first-order chi connectivity index (χ1) is 5.70. The summed E-state index contributed by atoms with van der Waals surface area (Å²) < 4.78 is 5.66. The summed E-state index contributed by atoms with van der Waals surface area (Å²) in [5.74, 6) is -0.145. The zero-order chi connectivity index (χ0) is 8.72. The molecule has 62 valence electrons. The second-order valence-corrected chi connectivity index (χ2v) is 3.49. The van der Waals surface area contributed by atoms with E-state index in [4.69, 9.17) is 4.42 Å². The number of ketones is 2. The fourth-order valence-corrected chi connectivity index (χ4v) is 1.77. The monoisotopic (exact) mass is 228 g/mol. The van der Waals surface area contributed by atoms with E-state index in [1.54, 1.807) is 0 Å². The Morgan fingerprint density at radius 2 is 2.08 bits per heavy atom. The molecule has 3 nitrogen and oxygen atoms in total. The third-order valence-electron chi connectivity index (χ3n) is 1.88. The van der Waals surface area contributed by atoms with E-state index in [1.165, 1.54) is 6.26 Å². The molecule has 4 heteroatoms. The van der Waals surface area contributed by atoms with E-state index in [0.717, 1.165) is 0 Å². The van der Waals surface area contributed by atoms with Crippen LogP contribution in [0.1, 0.15) is 22.5 Å². The number of halogens is 1. The molecule has 12 heavy (non-hydrogen) atoms. The highest BCUT2D eigenvalue weighted by atomic mass is 79.9. The minimum atomic E-state index is -0.433. The number of aryl methyl sites for hydroxylation is 1. The second-order valence-electron chi connectivity index (χ2n) is 2.63. The molecule has 1 aromatic rings. The molecule has 0 atom stereocenters. The third-order valence-corrected chi connectivity index (χ3v) is 2.47. The average molecular weight is 229 g/mol. The number of carbonyl (C=O) groups excluding carboxylic acids is 2. The summed E-state index contributed by atoms with van der Waals surface area (Å²) in [5.41, 5.74) is 0.409. The first kappa shape index (κ1) is 7.73. The van der Waals surface area contributed by atoms with Gasteiger partial charge in [-0.15, -0.1) is 0 Å². The van der Waals surface area contributed by atoms with Gasteiger partial charge in [-0.1, -0.05) is 0 Å². The molecule has 0 bridgehead atoms. The summed E-state index contributed by atoms with van der Waals surface area (Å²) in [4.78, 5) is 22.3. The average Bonchev–Trinajstić information content (AvgIpc) is 2.41. The topological polar surface area (TPSA) is 47.3 Å². The van der Waals surface area contributed by atoms with E-state index in [2.05, 4.69) is 15.9 Å². The predicted octanol–water partition coefficient (Wildman–Crippen LogP) is 1.74. The molecule has 1 aliphatic rings. The summed E-state index contributed by atoms with van der Waals surface area (Å²) in [6.07, 6.45) is 2.25. The Labute approximate surface area is 76.9 Å². The number of Topliss-reactive ketones (excluding diaryl/α,β-unsaturated/α-hetero) is 2. The molecule has 0 amide bonds. The Balaban J connectivity index is 2.60. The van der Waals surface area contributed by atoms with Crippen molar-refractivity contribution >= 4 is 27.5 Å². The van der Waals surface area contributed by atoms with Crippen molar-refractivity contribution in [2.24, 2.45) is 0 Å². The molecule has 0 aromatic carbocycles. The van der Waals surface area contributed by atoms with E-state index in [0.29, 0.717) is 22.2 Å². The van der Waals surface area contributed by atoms with Gasteiger partial charge in [-0.3, -0.25) is 9.59 Å². The summed E-state index contributed by atoms with van der Waals surface area (Å²) in [6, 6.07) is 0. The zero-order valence-electron chi connectivity index (χ0n) is 6.09. The number of hydrogen-bond donors (Lipinski definition) is 0. The van der Waals surface area contributed by atoms with E-state index < -0.39 is 5.78 Å². The molecule has 1 heterocycles. The lowest BCUT2D eigenvalue weighted by molar-refractivity contribution is -0.115. The summed E-state index contributed by atoms with van der Waals surface area (Å²) >= 11 is 3.15. The molecule has 1 aromatic heterocycles. The van der Waals surface area contributed by atoms with Crippen LogP contribution in [0.5, 0.6) is 0 Å². The van der Waals surface area contributed by atoms with Crippen LogP contribution in [-0.4, -0.2) is 11.6 Å². The molecular formula is C8H5BrO3. The normalized spacial score (nSPS) is 16.4. The van der Waals surface area contributed by atoms with Gasteiger partial charge in [-0.2, -0.15) is 0 Å². The van der Waals surface area contributed by atoms with Crippen LogP contribution in [0.3, 0.4) is 0 Å². The third kappa shape index (κ3) is 0.948. The van der Waals surface area contributed by atoms with Gasteiger partial charge in [0, 0.05) is 12.8 Å². The van der Waals surface area contributed by atoms with Crippen LogP contribution >= 0.6 is 15.9 Å². The molecule has 0 radical (unpaired) electrons. The maximum absolute atomic E-state index is 11.3. The van der Waals surface area contributed by atoms with Crippen molar-refractivity contribution in [1.82, 2.24) is 0 Å². The van der Waals surface area contributed by atoms with Crippen molar-refractivity contribution in [1.29, 1.82) is 0 Å². The van der Waals surface area contributed by atoms with Crippen LogP contribution in [-0.2, 0) is 11.2 Å². The Hall–Kier alpha value is -0.900. The van der Waals surface area contributed by atoms with Gasteiger partial charge in [-0.25, -0.2) is 0 Å². The molecule has 0 spiro atoms. The first-order valence-corrected chi connectivity index (χ1v) is 4.33. The van der Waals surface area contributed by atoms with Crippen LogP contribution in [0, 0.1) is 0 Å². The molecule has 0 fully saturated rings. The van der Waals surface area contributed by atoms with Gasteiger partial charge in [0.05, 0.1) is 10.0 Å². The van der Waals surface area contributed by atoms with Gasteiger partial charge < -0.3 is 4.42 Å². The smallest absolute Gasteiger partial charge is 0.233 e. The molecule has 1 aliphatic carbocycles. The van der Waals surface area contributed by atoms with E-state index in [-0.39, 0.29) is 12.2 Å². The quantitative estimate of drug-likeness (QED) is 0.636. The zero-order valence-corrected chi connectivity index (χ0v) is 7.68. The molecule has 2 rings (SSSR count). The van der Waals surface area contributed by atoms with Crippen molar-refractivity contribution < 1.29 is 14.0 Å². The lowest BCUT2D eigenvalue weighted by atomic mass is 9.96.